The zero-order valence-electron chi connectivity index (χ0n) is 31.1. The first-order valence-electron chi connectivity index (χ1n) is 18.7. The van der Waals surface area contributed by atoms with E-state index in [0.29, 0.717) is 54.8 Å². The molecule has 1 atom stereocenters. The van der Waals surface area contributed by atoms with E-state index in [-0.39, 0.29) is 48.2 Å². The van der Waals surface area contributed by atoms with Gasteiger partial charge in [-0.05, 0) is 69.2 Å². The minimum absolute atomic E-state index is 0.0383. The number of fused-ring (bicyclic) bond motifs is 1. The average molecular weight is 722 g/mol. The summed E-state index contributed by atoms with van der Waals surface area (Å²) in [6.07, 6.45) is 9.91. The van der Waals surface area contributed by atoms with E-state index >= 15 is 0 Å². The van der Waals surface area contributed by atoms with Crippen molar-refractivity contribution < 1.29 is 28.6 Å². The lowest BCUT2D eigenvalue weighted by Gasteiger charge is -2.43. The number of ether oxygens (including phenoxy) is 3. The highest BCUT2D eigenvalue weighted by atomic mass is 28.3. The third-order valence-electron chi connectivity index (χ3n) is 10.7. The Morgan fingerprint density at radius 3 is 2.43 bits per heavy atom. The minimum atomic E-state index is -1.24. The predicted molar refractivity (Wildman–Crippen MR) is 200 cm³/mol. The van der Waals surface area contributed by atoms with Gasteiger partial charge in [0.1, 0.15) is 17.5 Å². The largest absolute Gasteiger partial charge is 0.495 e. The van der Waals surface area contributed by atoms with Crippen molar-refractivity contribution >= 4 is 49.1 Å². The number of carbonyl (C=O) groups is 3. The van der Waals surface area contributed by atoms with Crippen molar-refractivity contribution in [3.63, 3.8) is 0 Å². The van der Waals surface area contributed by atoms with Crippen molar-refractivity contribution in [3.05, 3.63) is 30.0 Å². The van der Waals surface area contributed by atoms with Crippen LogP contribution in [0.5, 0.6) is 5.75 Å². The Kier molecular flexibility index (Phi) is 11.4. The third kappa shape index (κ3) is 8.60. The number of methoxy groups -OCH3 is 1. The number of likely N-dealkylation sites (tertiary alicyclic amines) is 1. The van der Waals surface area contributed by atoms with Crippen LogP contribution in [0.2, 0.25) is 25.7 Å². The zero-order valence-corrected chi connectivity index (χ0v) is 32.1. The van der Waals surface area contributed by atoms with Gasteiger partial charge >= 0.3 is 6.09 Å². The first-order valence-corrected chi connectivity index (χ1v) is 22.4. The van der Waals surface area contributed by atoms with Gasteiger partial charge in [-0.1, -0.05) is 39.4 Å². The number of piperidine rings is 1. The molecule has 0 bridgehead atoms. The van der Waals surface area contributed by atoms with Crippen LogP contribution in [-0.2, 0) is 14.3 Å². The van der Waals surface area contributed by atoms with Gasteiger partial charge in [0.25, 0.3) is 5.91 Å². The van der Waals surface area contributed by atoms with Gasteiger partial charge in [0.05, 0.1) is 37.8 Å². The van der Waals surface area contributed by atoms with Crippen molar-refractivity contribution in [3.8, 4) is 5.75 Å². The first kappa shape index (κ1) is 36.9. The Balaban J connectivity index is 0.997. The predicted octanol–water partition coefficient (Wildman–Crippen LogP) is 5.95. The van der Waals surface area contributed by atoms with Crippen molar-refractivity contribution in [2.45, 2.75) is 121 Å². The third-order valence-corrected chi connectivity index (χ3v) is 12.4. The summed E-state index contributed by atoms with van der Waals surface area (Å²) >= 11 is 0. The molecular formula is C37H55N7O6Si. The first-order chi connectivity index (χ1) is 24.4. The van der Waals surface area contributed by atoms with Crippen LogP contribution in [0, 0.1) is 0 Å². The Labute approximate surface area is 302 Å². The van der Waals surface area contributed by atoms with Gasteiger partial charge in [-0.2, -0.15) is 4.98 Å². The molecule has 2 aliphatic heterocycles. The molecule has 3 amide bonds. The number of carbonyl (C=O) groups excluding carboxylic acids is 3. The Bertz CT molecular complexity index is 1570. The zero-order chi connectivity index (χ0) is 36.3. The molecule has 1 saturated heterocycles. The van der Waals surface area contributed by atoms with Crippen molar-refractivity contribution in [2.75, 3.05) is 49.0 Å². The summed E-state index contributed by atoms with van der Waals surface area (Å²) in [6, 6.07) is 6.32. The molecule has 2 N–H and O–H groups in total. The lowest BCUT2D eigenvalue weighted by molar-refractivity contribution is -0.120. The Morgan fingerprint density at radius 2 is 1.76 bits per heavy atom. The molecule has 2 saturated carbocycles. The number of nitrogens with zero attached hydrogens (tertiary/aromatic N) is 5. The number of hydrogen-bond donors (Lipinski definition) is 2. The lowest BCUT2D eigenvalue weighted by atomic mass is 9.88. The second-order valence-electron chi connectivity index (χ2n) is 15.6. The molecule has 0 spiro atoms. The van der Waals surface area contributed by atoms with Crippen LogP contribution in [0.1, 0.15) is 75.1 Å². The molecule has 278 valence electrons. The highest BCUT2D eigenvalue weighted by Crippen LogP contribution is 2.40. The topological polar surface area (TPSA) is 138 Å². The van der Waals surface area contributed by atoms with E-state index < -0.39 is 8.07 Å². The number of aromatic nitrogens is 2. The maximum absolute atomic E-state index is 13.2. The summed E-state index contributed by atoms with van der Waals surface area (Å²) in [7, 11) is 2.12. The van der Waals surface area contributed by atoms with Crippen LogP contribution in [0.25, 0.3) is 0 Å². The minimum Gasteiger partial charge on any atom is -0.495 e. The van der Waals surface area contributed by atoms with E-state index in [1.54, 1.807) is 48.4 Å². The molecule has 1 aromatic heterocycles. The molecule has 4 aliphatic rings. The molecule has 6 rings (SSSR count). The van der Waals surface area contributed by atoms with Crippen LogP contribution < -0.4 is 25.2 Å². The van der Waals surface area contributed by atoms with Crippen molar-refractivity contribution in [2.24, 2.45) is 0 Å². The van der Waals surface area contributed by atoms with Crippen molar-refractivity contribution in [1.29, 1.82) is 0 Å². The fraction of sp³-hybridized carbons (Fsp3) is 0.649. The number of likely N-dealkylation sites (N-methyl/N-ethyl adjacent to an activating group) is 1. The quantitative estimate of drug-likeness (QED) is 0.253. The van der Waals surface area contributed by atoms with Gasteiger partial charge in [0.15, 0.2) is 5.82 Å². The second kappa shape index (κ2) is 15.8. The summed E-state index contributed by atoms with van der Waals surface area (Å²) in [4.78, 5) is 54.0. The van der Waals surface area contributed by atoms with Crippen LogP contribution in [0.3, 0.4) is 0 Å². The number of rotatable bonds is 12. The standard InChI is InChI=1S/C37H55N7O6Si/c1-7-30-35(46)42(2)31-23-38-36(41-33(31)44(30)26-10-8-9-11-26)40-29-13-12-24(20-32(29)48-3)34(45)39-25-21-28(22-25)50-27-14-16-43(17-15-27)37(47)49-18-19-51(4,5)6/h12-13,20,23,25-28,30H,7-11,14-19,21-22H2,1-6H3,(H,39,45)(H,38,40,41)/t25?,28?,30-/m1/s1. The van der Waals surface area contributed by atoms with Gasteiger partial charge in [-0.15, -0.1) is 0 Å². The highest BCUT2D eigenvalue weighted by Gasteiger charge is 2.41. The van der Waals surface area contributed by atoms with Gasteiger partial charge in [0.2, 0.25) is 11.9 Å². The smallest absolute Gasteiger partial charge is 0.409 e. The molecule has 14 heteroatoms. The maximum Gasteiger partial charge on any atom is 0.409 e. The summed E-state index contributed by atoms with van der Waals surface area (Å²) in [5.74, 6) is 1.57. The van der Waals surface area contributed by atoms with Gasteiger partial charge in [-0.3, -0.25) is 9.59 Å². The monoisotopic (exact) mass is 721 g/mol. The second-order valence-corrected chi connectivity index (χ2v) is 21.2. The van der Waals surface area contributed by atoms with Gasteiger partial charge < -0.3 is 39.5 Å². The molecule has 3 heterocycles. The van der Waals surface area contributed by atoms with Gasteiger partial charge in [0, 0.05) is 45.9 Å². The van der Waals surface area contributed by atoms with E-state index in [9.17, 15) is 14.4 Å². The fourth-order valence-electron chi connectivity index (χ4n) is 7.55. The number of hydrogen-bond acceptors (Lipinski definition) is 10. The Morgan fingerprint density at radius 1 is 1.04 bits per heavy atom. The molecule has 3 fully saturated rings. The van der Waals surface area contributed by atoms with E-state index in [0.717, 1.165) is 63.2 Å². The van der Waals surface area contributed by atoms with E-state index in [1.807, 2.05) is 6.92 Å². The number of anilines is 4. The van der Waals surface area contributed by atoms with Gasteiger partial charge in [-0.25, -0.2) is 9.78 Å². The van der Waals surface area contributed by atoms with Crippen LogP contribution in [-0.4, -0.2) is 105 Å². The summed E-state index contributed by atoms with van der Waals surface area (Å²) in [6.45, 7) is 10.7. The maximum atomic E-state index is 13.2. The highest BCUT2D eigenvalue weighted by molar-refractivity contribution is 6.76. The van der Waals surface area contributed by atoms with E-state index in [1.165, 1.54) is 0 Å². The van der Waals surface area contributed by atoms with E-state index in [2.05, 4.69) is 40.2 Å². The molecule has 0 unspecified atom stereocenters. The van der Waals surface area contributed by atoms with Crippen LogP contribution in [0.4, 0.5) is 27.9 Å². The molecular weight excluding hydrogens is 667 g/mol. The summed E-state index contributed by atoms with van der Waals surface area (Å²) in [5, 5.41) is 6.42. The average Bonchev–Trinajstić information content (AvgIpc) is 3.63. The fourth-order valence-corrected chi connectivity index (χ4v) is 8.26. The van der Waals surface area contributed by atoms with Crippen LogP contribution >= 0.6 is 0 Å². The SMILES string of the molecule is CC[C@@H]1C(=O)N(C)c2cnc(Nc3ccc(C(=O)NC4CC(OC5CCN(C(=O)OCC[Si](C)(C)C)CC5)C4)cc3OC)nc2N1C1CCCC1. The number of nitrogens with one attached hydrogen (secondary N) is 2. The molecule has 2 aliphatic carbocycles. The molecule has 51 heavy (non-hydrogen) atoms. The lowest BCUT2D eigenvalue weighted by Crippen LogP contribution is -2.55. The molecule has 13 nitrogen and oxygen atoms in total. The summed E-state index contributed by atoms with van der Waals surface area (Å²) in [5.41, 5.74) is 1.84. The van der Waals surface area contributed by atoms with Crippen LogP contribution in [0.15, 0.2) is 24.4 Å². The molecule has 1 aromatic carbocycles. The van der Waals surface area contributed by atoms with Crippen molar-refractivity contribution in [1.82, 2.24) is 20.2 Å². The number of benzene rings is 1. The molecule has 0 radical (unpaired) electrons. The normalized spacial score (nSPS) is 22.7. The summed E-state index contributed by atoms with van der Waals surface area (Å²) < 4.78 is 17.5. The Hall–Kier alpha value is -3.91. The van der Waals surface area contributed by atoms with E-state index in [4.69, 9.17) is 19.2 Å². The number of amides is 3. The molecule has 2 aromatic rings.